The van der Waals surface area contributed by atoms with Gasteiger partial charge in [0.1, 0.15) is 4.88 Å². The second-order valence-corrected chi connectivity index (χ2v) is 5.08. The Bertz CT molecular complexity index is 318. The molecule has 0 saturated heterocycles. The van der Waals surface area contributed by atoms with Gasteiger partial charge in [-0.05, 0) is 24.4 Å². The van der Waals surface area contributed by atoms with Crippen LogP contribution in [0.2, 0.25) is 0 Å². The zero-order valence-corrected chi connectivity index (χ0v) is 10.1. The highest BCUT2D eigenvalue weighted by Crippen LogP contribution is 2.17. The van der Waals surface area contributed by atoms with Gasteiger partial charge in [-0.3, -0.25) is 4.79 Å². The molecule has 1 heterocycles. The van der Waals surface area contributed by atoms with Crippen LogP contribution in [0.25, 0.3) is 0 Å². The van der Waals surface area contributed by atoms with Gasteiger partial charge in [-0.2, -0.15) is 0 Å². The van der Waals surface area contributed by atoms with Gasteiger partial charge in [0.2, 0.25) is 0 Å². The molecule has 1 fully saturated rings. The predicted octanol–water partition coefficient (Wildman–Crippen LogP) is 2.38. The van der Waals surface area contributed by atoms with Crippen molar-refractivity contribution in [1.29, 1.82) is 0 Å². The van der Waals surface area contributed by atoms with Gasteiger partial charge in [0.15, 0.2) is 0 Å². The van der Waals surface area contributed by atoms with Crippen molar-refractivity contribution in [3.8, 4) is 0 Å². The number of rotatable bonds is 2. The van der Waals surface area contributed by atoms with E-state index in [0.29, 0.717) is 10.9 Å². The molecule has 0 spiro atoms. The van der Waals surface area contributed by atoms with Crippen LogP contribution < -0.4 is 5.32 Å². The molecular formula is C11H17N3OS. The number of hydrogen-bond donors (Lipinski definition) is 1. The van der Waals surface area contributed by atoms with Gasteiger partial charge < -0.3 is 5.32 Å². The standard InChI is InChI=1S/C11H17N3OS/c15-11(10-8-12-14-16-10)13-9-6-4-2-1-3-5-7-9/h8-9H,1-7H2,(H,13,15). The Kier molecular flexibility index (Phi) is 4.27. The van der Waals surface area contributed by atoms with E-state index in [9.17, 15) is 4.79 Å². The summed E-state index contributed by atoms with van der Waals surface area (Å²) in [6, 6.07) is 0.342. The number of nitrogens with one attached hydrogen (secondary N) is 1. The SMILES string of the molecule is O=C(NC1CCCCCCC1)c1cnns1. The molecule has 1 aromatic rings. The summed E-state index contributed by atoms with van der Waals surface area (Å²) in [5.74, 6) is -0.0134. The van der Waals surface area contributed by atoms with Gasteiger partial charge in [0.25, 0.3) is 5.91 Å². The monoisotopic (exact) mass is 239 g/mol. The Morgan fingerprint density at radius 2 is 1.94 bits per heavy atom. The smallest absolute Gasteiger partial charge is 0.264 e. The molecule has 1 aliphatic carbocycles. The summed E-state index contributed by atoms with van der Waals surface area (Å²) in [6.07, 6.45) is 10.2. The summed E-state index contributed by atoms with van der Waals surface area (Å²) in [4.78, 5) is 12.4. The van der Waals surface area contributed by atoms with E-state index in [2.05, 4.69) is 14.9 Å². The first-order valence-corrected chi connectivity index (χ1v) is 6.72. The topological polar surface area (TPSA) is 54.9 Å². The fourth-order valence-corrected chi connectivity index (χ4v) is 2.54. The van der Waals surface area contributed by atoms with Crippen LogP contribution in [0.4, 0.5) is 0 Å². The molecule has 0 bridgehead atoms. The third kappa shape index (κ3) is 3.27. The summed E-state index contributed by atoms with van der Waals surface area (Å²) < 4.78 is 3.70. The fourth-order valence-electron chi connectivity index (χ4n) is 2.12. The van der Waals surface area contributed by atoms with E-state index >= 15 is 0 Å². The summed E-state index contributed by atoms with van der Waals surface area (Å²) in [6.45, 7) is 0. The van der Waals surface area contributed by atoms with Crippen LogP contribution in [0.5, 0.6) is 0 Å². The van der Waals surface area contributed by atoms with E-state index in [1.807, 2.05) is 0 Å². The van der Waals surface area contributed by atoms with Crippen LogP contribution in [0, 0.1) is 0 Å². The van der Waals surface area contributed by atoms with Crippen molar-refractivity contribution in [3.63, 3.8) is 0 Å². The first-order chi connectivity index (χ1) is 7.86. The Hall–Kier alpha value is -0.970. The Balaban J connectivity index is 1.85. The van der Waals surface area contributed by atoms with Gasteiger partial charge >= 0.3 is 0 Å². The number of nitrogens with zero attached hydrogens (tertiary/aromatic N) is 2. The van der Waals surface area contributed by atoms with E-state index in [4.69, 9.17) is 0 Å². The molecule has 5 heteroatoms. The van der Waals surface area contributed by atoms with Crippen LogP contribution in [0.1, 0.15) is 54.6 Å². The second-order valence-electron chi connectivity index (χ2n) is 4.30. The molecule has 88 valence electrons. The molecule has 1 aliphatic rings. The molecule has 0 aliphatic heterocycles. The summed E-state index contributed by atoms with van der Waals surface area (Å²) in [5.41, 5.74) is 0. The maximum Gasteiger partial charge on any atom is 0.264 e. The van der Waals surface area contributed by atoms with E-state index in [-0.39, 0.29) is 5.91 Å². The normalized spacial score (nSPS) is 18.8. The lowest BCUT2D eigenvalue weighted by atomic mass is 9.97. The highest BCUT2D eigenvalue weighted by atomic mass is 32.1. The van der Waals surface area contributed by atoms with Crippen LogP contribution >= 0.6 is 11.5 Å². The van der Waals surface area contributed by atoms with Crippen molar-refractivity contribution in [3.05, 3.63) is 11.1 Å². The average Bonchev–Trinajstić information content (AvgIpc) is 2.74. The van der Waals surface area contributed by atoms with Crippen molar-refractivity contribution in [2.24, 2.45) is 0 Å². The fraction of sp³-hybridized carbons (Fsp3) is 0.727. The van der Waals surface area contributed by atoms with Crippen molar-refractivity contribution >= 4 is 17.4 Å². The molecular weight excluding hydrogens is 222 g/mol. The predicted molar refractivity (Wildman–Crippen MR) is 63.5 cm³/mol. The molecule has 0 unspecified atom stereocenters. The maximum atomic E-state index is 11.8. The minimum Gasteiger partial charge on any atom is -0.349 e. The van der Waals surface area contributed by atoms with Gasteiger partial charge in [-0.15, -0.1) is 5.10 Å². The lowest BCUT2D eigenvalue weighted by molar-refractivity contribution is 0.0934. The molecule has 4 nitrogen and oxygen atoms in total. The average molecular weight is 239 g/mol. The lowest BCUT2D eigenvalue weighted by Crippen LogP contribution is -2.34. The van der Waals surface area contributed by atoms with E-state index in [1.165, 1.54) is 38.3 Å². The molecule has 1 amide bonds. The quantitative estimate of drug-likeness (QED) is 0.862. The zero-order chi connectivity index (χ0) is 11.2. The van der Waals surface area contributed by atoms with Crippen LogP contribution in [-0.4, -0.2) is 21.5 Å². The first-order valence-electron chi connectivity index (χ1n) is 5.94. The van der Waals surface area contributed by atoms with Crippen molar-refractivity contribution in [1.82, 2.24) is 14.9 Å². The van der Waals surface area contributed by atoms with Crippen LogP contribution in [0.15, 0.2) is 6.20 Å². The highest BCUT2D eigenvalue weighted by Gasteiger charge is 2.16. The Morgan fingerprint density at radius 3 is 2.56 bits per heavy atom. The summed E-state index contributed by atoms with van der Waals surface area (Å²) in [7, 11) is 0. The Labute approximate surface area is 99.6 Å². The Morgan fingerprint density at radius 1 is 1.25 bits per heavy atom. The van der Waals surface area contributed by atoms with Crippen molar-refractivity contribution < 1.29 is 4.79 Å². The minimum atomic E-state index is -0.0134. The molecule has 0 atom stereocenters. The zero-order valence-electron chi connectivity index (χ0n) is 9.32. The molecule has 16 heavy (non-hydrogen) atoms. The summed E-state index contributed by atoms with van der Waals surface area (Å²) >= 11 is 1.16. The maximum absolute atomic E-state index is 11.8. The van der Waals surface area contributed by atoms with Crippen molar-refractivity contribution in [2.45, 2.75) is 51.0 Å². The van der Waals surface area contributed by atoms with Gasteiger partial charge in [0.05, 0.1) is 6.20 Å². The third-order valence-corrected chi connectivity index (χ3v) is 3.69. The minimum absolute atomic E-state index is 0.0134. The number of carbonyl (C=O) groups is 1. The molecule has 0 radical (unpaired) electrons. The molecule has 0 aromatic carbocycles. The summed E-state index contributed by atoms with van der Waals surface area (Å²) in [5, 5.41) is 6.76. The number of hydrogen-bond acceptors (Lipinski definition) is 4. The third-order valence-electron chi connectivity index (χ3n) is 3.03. The van der Waals surface area contributed by atoms with Gasteiger partial charge in [-0.1, -0.05) is 36.6 Å². The number of carbonyl (C=O) groups excluding carboxylic acids is 1. The first kappa shape index (κ1) is 11.5. The van der Waals surface area contributed by atoms with Crippen LogP contribution in [0.3, 0.4) is 0 Å². The van der Waals surface area contributed by atoms with E-state index in [1.54, 1.807) is 0 Å². The van der Waals surface area contributed by atoms with E-state index in [0.717, 1.165) is 24.4 Å². The number of aromatic nitrogens is 2. The van der Waals surface area contributed by atoms with Crippen LogP contribution in [-0.2, 0) is 0 Å². The molecule has 2 rings (SSSR count). The molecule has 1 saturated carbocycles. The molecule has 1 aromatic heterocycles. The van der Waals surface area contributed by atoms with E-state index < -0.39 is 0 Å². The lowest BCUT2D eigenvalue weighted by Gasteiger charge is -2.20. The largest absolute Gasteiger partial charge is 0.349 e. The second kappa shape index (κ2) is 5.94. The molecule has 1 N–H and O–H groups in total. The highest BCUT2D eigenvalue weighted by molar-refractivity contribution is 7.07. The van der Waals surface area contributed by atoms with Crippen molar-refractivity contribution in [2.75, 3.05) is 0 Å². The van der Waals surface area contributed by atoms with Gasteiger partial charge in [0, 0.05) is 6.04 Å². The number of amides is 1. The van der Waals surface area contributed by atoms with Gasteiger partial charge in [-0.25, -0.2) is 0 Å².